The highest BCUT2D eigenvalue weighted by Crippen LogP contribution is 2.22. The lowest BCUT2D eigenvalue weighted by molar-refractivity contribution is 0.203. The lowest BCUT2D eigenvalue weighted by Gasteiger charge is -2.17. The predicted molar refractivity (Wildman–Crippen MR) is 52.4 cm³/mol. The van der Waals surface area contributed by atoms with Crippen molar-refractivity contribution in [2.24, 2.45) is 10.4 Å². The summed E-state index contributed by atoms with van der Waals surface area (Å²) in [6.07, 6.45) is 6.04. The van der Waals surface area contributed by atoms with E-state index in [1.807, 2.05) is 12.3 Å². The van der Waals surface area contributed by atoms with Crippen LogP contribution in [0.1, 0.15) is 13.8 Å². The molecular weight excluding hydrogens is 164 g/mol. The normalized spacial score (nSPS) is 24.5. The van der Waals surface area contributed by atoms with Crippen LogP contribution in [0, 0.1) is 5.41 Å². The standard InChI is InChI=1S/C10H14N2O/c1-10(2)4-3-8-9(12-7-10)11-5-6-13-8/h3-4,7,11H,5-6H2,1-2H3. The van der Waals surface area contributed by atoms with E-state index < -0.39 is 0 Å². The highest BCUT2D eigenvalue weighted by molar-refractivity contribution is 5.70. The van der Waals surface area contributed by atoms with Crippen molar-refractivity contribution in [3.05, 3.63) is 23.7 Å². The molecule has 0 bridgehead atoms. The molecule has 0 aromatic rings. The molecule has 0 aliphatic carbocycles. The van der Waals surface area contributed by atoms with Gasteiger partial charge in [-0.3, -0.25) is 0 Å². The van der Waals surface area contributed by atoms with Crippen LogP contribution in [0.2, 0.25) is 0 Å². The second-order valence-electron chi connectivity index (χ2n) is 3.90. The monoisotopic (exact) mass is 178 g/mol. The van der Waals surface area contributed by atoms with Crippen molar-refractivity contribution in [2.75, 3.05) is 13.2 Å². The first kappa shape index (κ1) is 8.35. The first-order chi connectivity index (χ1) is 6.17. The maximum atomic E-state index is 5.47. The topological polar surface area (TPSA) is 33.6 Å². The van der Waals surface area contributed by atoms with Crippen LogP contribution < -0.4 is 5.32 Å². The van der Waals surface area contributed by atoms with Crippen molar-refractivity contribution in [3.63, 3.8) is 0 Å². The fourth-order valence-electron chi connectivity index (χ4n) is 1.29. The van der Waals surface area contributed by atoms with Gasteiger partial charge in [-0.1, -0.05) is 19.9 Å². The summed E-state index contributed by atoms with van der Waals surface area (Å²) in [5.41, 5.74) is 0.0162. The molecule has 2 aliphatic rings. The van der Waals surface area contributed by atoms with E-state index in [-0.39, 0.29) is 5.41 Å². The minimum Gasteiger partial charge on any atom is -0.488 e. The first-order valence-corrected chi connectivity index (χ1v) is 4.53. The van der Waals surface area contributed by atoms with Gasteiger partial charge in [-0.05, 0) is 6.08 Å². The summed E-state index contributed by atoms with van der Waals surface area (Å²) in [5.74, 6) is 1.71. The predicted octanol–water partition coefficient (Wildman–Crippen LogP) is 1.44. The minimum absolute atomic E-state index is 0.0162. The summed E-state index contributed by atoms with van der Waals surface area (Å²) in [7, 11) is 0. The van der Waals surface area contributed by atoms with E-state index in [9.17, 15) is 0 Å². The maximum absolute atomic E-state index is 5.47. The van der Waals surface area contributed by atoms with Gasteiger partial charge in [0.15, 0.2) is 11.6 Å². The van der Waals surface area contributed by atoms with Crippen LogP contribution in [0.4, 0.5) is 0 Å². The van der Waals surface area contributed by atoms with Crippen LogP contribution in [0.5, 0.6) is 0 Å². The number of allylic oxidation sites excluding steroid dienone is 2. The molecule has 0 spiro atoms. The Kier molecular flexibility index (Phi) is 1.87. The van der Waals surface area contributed by atoms with Gasteiger partial charge in [0.05, 0.1) is 6.54 Å². The molecular formula is C10H14N2O. The third-order valence-corrected chi connectivity index (χ3v) is 2.08. The number of hydrogen-bond donors (Lipinski definition) is 1. The highest BCUT2D eigenvalue weighted by atomic mass is 16.5. The van der Waals surface area contributed by atoms with Crippen LogP contribution in [-0.4, -0.2) is 19.4 Å². The van der Waals surface area contributed by atoms with Crippen molar-refractivity contribution in [1.82, 2.24) is 5.32 Å². The van der Waals surface area contributed by atoms with Crippen molar-refractivity contribution >= 4 is 6.21 Å². The fraction of sp³-hybridized carbons (Fsp3) is 0.500. The minimum atomic E-state index is 0.0162. The molecule has 1 N–H and O–H groups in total. The smallest absolute Gasteiger partial charge is 0.168 e. The summed E-state index contributed by atoms with van der Waals surface area (Å²) in [6, 6.07) is 0. The zero-order chi connectivity index (χ0) is 9.31. The lowest BCUT2D eigenvalue weighted by atomic mass is 9.95. The van der Waals surface area contributed by atoms with Crippen molar-refractivity contribution in [3.8, 4) is 0 Å². The molecule has 13 heavy (non-hydrogen) atoms. The van der Waals surface area contributed by atoms with Crippen LogP contribution in [-0.2, 0) is 4.74 Å². The van der Waals surface area contributed by atoms with Gasteiger partial charge in [-0.2, -0.15) is 0 Å². The molecule has 3 heteroatoms. The van der Waals surface area contributed by atoms with Crippen LogP contribution in [0.3, 0.4) is 0 Å². The van der Waals surface area contributed by atoms with Gasteiger partial charge in [0.25, 0.3) is 0 Å². The highest BCUT2D eigenvalue weighted by Gasteiger charge is 2.17. The Hall–Kier alpha value is -1.25. The van der Waals surface area contributed by atoms with Gasteiger partial charge >= 0.3 is 0 Å². The van der Waals surface area contributed by atoms with E-state index >= 15 is 0 Å². The maximum Gasteiger partial charge on any atom is 0.168 e. The van der Waals surface area contributed by atoms with Gasteiger partial charge in [0, 0.05) is 11.6 Å². The first-order valence-electron chi connectivity index (χ1n) is 4.53. The summed E-state index contributed by atoms with van der Waals surface area (Å²) in [4.78, 5) is 4.35. The molecule has 2 heterocycles. The number of nitrogens with one attached hydrogen (secondary N) is 1. The SMILES string of the molecule is CC1(C)C=CC2=C(N=C1)NCCO2. The summed E-state index contributed by atoms with van der Waals surface area (Å²) in [5, 5.41) is 3.20. The largest absolute Gasteiger partial charge is 0.488 e. The molecule has 0 saturated carbocycles. The Bertz CT molecular complexity index is 272. The second kappa shape index (κ2) is 2.91. The number of rotatable bonds is 0. The molecule has 0 aromatic carbocycles. The van der Waals surface area contributed by atoms with Crippen molar-refractivity contribution in [1.29, 1.82) is 0 Å². The van der Waals surface area contributed by atoms with Gasteiger partial charge in [-0.25, -0.2) is 4.99 Å². The lowest BCUT2D eigenvalue weighted by Crippen LogP contribution is -2.25. The van der Waals surface area contributed by atoms with Gasteiger partial charge < -0.3 is 10.1 Å². The molecule has 2 rings (SSSR count). The fourth-order valence-corrected chi connectivity index (χ4v) is 1.29. The summed E-state index contributed by atoms with van der Waals surface area (Å²) in [6.45, 7) is 5.79. The van der Waals surface area contributed by atoms with E-state index in [2.05, 4.69) is 30.2 Å². The zero-order valence-corrected chi connectivity index (χ0v) is 8.00. The average molecular weight is 178 g/mol. The van der Waals surface area contributed by atoms with Crippen LogP contribution in [0.15, 0.2) is 28.7 Å². The van der Waals surface area contributed by atoms with Crippen LogP contribution >= 0.6 is 0 Å². The number of nitrogens with zero attached hydrogens (tertiary/aromatic N) is 1. The van der Waals surface area contributed by atoms with E-state index in [1.54, 1.807) is 0 Å². The molecule has 0 unspecified atom stereocenters. The number of ether oxygens (including phenoxy) is 1. The third-order valence-electron chi connectivity index (χ3n) is 2.08. The van der Waals surface area contributed by atoms with Gasteiger partial charge in [-0.15, -0.1) is 0 Å². The van der Waals surface area contributed by atoms with E-state index in [0.29, 0.717) is 0 Å². The molecule has 0 aromatic heterocycles. The molecule has 0 radical (unpaired) electrons. The van der Waals surface area contributed by atoms with Crippen LogP contribution in [0.25, 0.3) is 0 Å². The molecule has 0 fully saturated rings. The third kappa shape index (κ3) is 1.74. The molecule has 70 valence electrons. The van der Waals surface area contributed by atoms with Crippen molar-refractivity contribution in [2.45, 2.75) is 13.8 Å². The van der Waals surface area contributed by atoms with Gasteiger partial charge in [0.1, 0.15) is 6.61 Å². The molecule has 0 saturated heterocycles. The van der Waals surface area contributed by atoms with E-state index in [1.165, 1.54) is 0 Å². The van der Waals surface area contributed by atoms with E-state index in [4.69, 9.17) is 4.74 Å². The Morgan fingerprint density at radius 1 is 1.54 bits per heavy atom. The van der Waals surface area contributed by atoms with Gasteiger partial charge in [0.2, 0.25) is 0 Å². The Labute approximate surface area is 78.2 Å². The Morgan fingerprint density at radius 2 is 2.38 bits per heavy atom. The quantitative estimate of drug-likeness (QED) is 0.609. The number of aliphatic imine (C=N–C) groups is 1. The Morgan fingerprint density at radius 3 is 3.23 bits per heavy atom. The summed E-state index contributed by atoms with van der Waals surface area (Å²) >= 11 is 0. The summed E-state index contributed by atoms with van der Waals surface area (Å²) < 4.78 is 5.47. The molecule has 0 amide bonds. The van der Waals surface area contributed by atoms with Crippen molar-refractivity contribution < 1.29 is 4.74 Å². The molecule has 0 atom stereocenters. The molecule has 2 aliphatic heterocycles. The number of hydrogen-bond acceptors (Lipinski definition) is 3. The zero-order valence-electron chi connectivity index (χ0n) is 8.00. The van der Waals surface area contributed by atoms with E-state index in [0.717, 1.165) is 24.7 Å². The Balaban J connectivity index is 2.32. The molecule has 3 nitrogen and oxygen atoms in total. The average Bonchev–Trinajstić information content (AvgIpc) is 2.27. The second-order valence-corrected chi connectivity index (χ2v) is 3.90.